The molecule has 2 nitrogen and oxygen atoms in total. The third kappa shape index (κ3) is 3.52. The third-order valence-corrected chi connectivity index (χ3v) is 4.42. The quantitative estimate of drug-likeness (QED) is 0.883. The largest absolute Gasteiger partial charge is 0.388 e. The molecule has 2 N–H and O–H groups in total. The van der Waals surface area contributed by atoms with Gasteiger partial charge in [-0.3, -0.25) is 0 Å². The van der Waals surface area contributed by atoms with Gasteiger partial charge in [-0.05, 0) is 30.5 Å². The molecule has 2 aromatic carbocycles. The van der Waals surface area contributed by atoms with E-state index in [9.17, 15) is 5.11 Å². The first kappa shape index (κ1) is 14.3. The third-order valence-electron chi connectivity index (χ3n) is 4.42. The van der Waals surface area contributed by atoms with E-state index in [1.54, 1.807) is 0 Å². The lowest BCUT2D eigenvalue weighted by Gasteiger charge is -2.35. The van der Waals surface area contributed by atoms with Crippen molar-refractivity contribution in [3.05, 3.63) is 71.8 Å². The van der Waals surface area contributed by atoms with Crippen molar-refractivity contribution in [3.63, 3.8) is 0 Å². The van der Waals surface area contributed by atoms with E-state index in [2.05, 4.69) is 29.6 Å². The zero-order valence-electron chi connectivity index (χ0n) is 12.3. The molecule has 0 unspecified atom stereocenters. The summed E-state index contributed by atoms with van der Waals surface area (Å²) in [4.78, 5) is 0. The van der Waals surface area contributed by atoms with Gasteiger partial charge in [-0.2, -0.15) is 0 Å². The topological polar surface area (TPSA) is 32.3 Å². The molecule has 2 heteroatoms. The second kappa shape index (κ2) is 6.42. The average molecular weight is 281 g/mol. The van der Waals surface area contributed by atoms with Gasteiger partial charge in [0.1, 0.15) is 0 Å². The van der Waals surface area contributed by atoms with Gasteiger partial charge in [0, 0.05) is 18.9 Å². The zero-order chi connectivity index (χ0) is 14.5. The molecule has 1 aliphatic heterocycles. The average Bonchev–Trinajstić information content (AvgIpc) is 3.04. The molecule has 1 aliphatic rings. The molecular formula is C19H23NO. The molecular weight excluding hydrogens is 258 g/mol. The minimum absolute atomic E-state index is 0.179. The summed E-state index contributed by atoms with van der Waals surface area (Å²) in [6, 6.07) is 20.8. The summed E-state index contributed by atoms with van der Waals surface area (Å²) >= 11 is 0. The van der Waals surface area contributed by atoms with Crippen molar-refractivity contribution in [2.45, 2.75) is 37.3 Å². The van der Waals surface area contributed by atoms with E-state index in [1.807, 2.05) is 36.4 Å². The van der Waals surface area contributed by atoms with Gasteiger partial charge in [0.05, 0.1) is 5.60 Å². The number of hydrogen-bond acceptors (Lipinski definition) is 2. The minimum atomic E-state index is -0.723. The fraction of sp³-hybridized carbons (Fsp3) is 0.368. The summed E-state index contributed by atoms with van der Waals surface area (Å²) in [7, 11) is 0. The molecule has 0 spiro atoms. The van der Waals surface area contributed by atoms with Crippen LogP contribution in [0.25, 0.3) is 0 Å². The summed E-state index contributed by atoms with van der Waals surface area (Å²) in [5.41, 5.74) is 1.67. The molecule has 110 valence electrons. The maximum Gasteiger partial charge on any atom is 0.0880 e. The van der Waals surface area contributed by atoms with Crippen molar-refractivity contribution < 1.29 is 5.11 Å². The van der Waals surface area contributed by atoms with Crippen molar-refractivity contribution in [1.29, 1.82) is 0 Å². The van der Waals surface area contributed by atoms with Gasteiger partial charge < -0.3 is 10.4 Å². The van der Waals surface area contributed by atoms with Crippen molar-refractivity contribution >= 4 is 0 Å². The number of nitrogens with one attached hydrogen (secondary N) is 1. The van der Waals surface area contributed by atoms with Crippen LogP contribution in [0.3, 0.4) is 0 Å². The predicted molar refractivity (Wildman–Crippen MR) is 86.3 cm³/mol. The highest BCUT2D eigenvalue weighted by Gasteiger charge is 2.38. The lowest BCUT2D eigenvalue weighted by Crippen LogP contribution is -2.51. The van der Waals surface area contributed by atoms with Crippen LogP contribution in [0, 0.1) is 0 Å². The molecule has 1 fully saturated rings. The van der Waals surface area contributed by atoms with Crippen molar-refractivity contribution in [1.82, 2.24) is 5.32 Å². The Kier molecular flexibility index (Phi) is 4.37. The lowest BCUT2D eigenvalue weighted by molar-refractivity contribution is 0.00788. The molecule has 3 rings (SSSR count). The molecule has 2 aromatic rings. The van der Waals surface area contributed by atoms with Crippen LogP contribution in [0.1, 0.15) is 24.0 Å². The van der Waals surface area contributed by atoms with Gasteiger partial charge in [0.15, 0.2) is 0 Å². The Morgan fingerprint density at radius 1 is 0.905 bits per heavy atom. The van der Waals surface area contributed by atoms with Crippen molar-refractivity contribution in [3.8, 4) is 0 Å². The zero-order valence-corrected chi connectivity index (χ0v) is 12.3. The first-order chi connectivity index (χ1) is 10.3. The van der Waals surface area contributed by atoms with Crippen LogP contribution in [-0.2, 0) is 12.8 Å². The molecule has 0 amide bonds. The Bertz CT molecular complexity index is 505. The summed E-state index contributed by atoms with van der Waals surface area (Å²) in [5, 5.41) is 14.8. The van der Waals surface area contributed by atoms with E-state index in [4.69, 9.17) is 0 Å². The van der Waals surface area contributed by atoms with E-state index >= 15 is 0 Å². The number of benzene rings is 2. The Labute approximate surface area is 126 Å². The smallest absolute Gasteiger partial charge is 0.0880 e. The summed E-state index contributed by atoms with van der Waals surface area (Å²) < 4.78 is 0. The highest BCUT2D eigenvalue weighted by molar-refractivity contribution is 5.23. The second-order valence-corrected chi connectivity index (χ2v) is 6.08. The molecule has 0 aromatic heterocycles. The molecule has 1 saturated heterocycles. The van der Waals surface area contributed by atoms with Gasteiger partial charge in [0.25, 0.3) is 0 Å². The van der Waals surface area contributed by atoms with Crippen LogP contribution >= 0.6 is 0 Å². The van der Waals surface area contributed by atoms with Crippen LogP contribution in [0.5, 0.6) is 0 Å². The Morgan fingerprint density at radius 3 is 1.86 bits per heavy atom. The summed E-state index contributed by atoms with van der Waals surface area (Å²) in [6.45, 7) is 1.01. The molecule has 0 aliphatic carbocycles. The molecule has 0 saturated carbocycles. The van der Waals surface area contributed by atoms with Gasteiger partial charge in [0.2, 0.25) is 0 Å². The summed E-state index contributed by atoms with van der Waals surface area (Å²) in [6.07, 6.45) is 3.59. The predicted octanol–water partition coefficient (Wildman–Crippen LogP) is 2.95. The first-order valence-electron chi connectivity index (χ1n) is 7.80. The highest BCUT2D eigenvalue weighted by atomic mass is 16.3. The Hall–Kier alpha value is -1.64. The van der Waals surface area contributed by atoms with E-state index < -0.39 is 5.60 Å². The van der Waals surface area contributed by atoms with Crippen molar-refractivity contribution in [2.24, 2.45) is 0 Å². The van der Waals surface area contributed by atoms with E-state index in [0.29, 0.717) is 12.8 Å². The number of aliphatic hydroxyl groups is 1. The minimum Gasteiger partial charge on any atom is -0.388 e. The fourth-order valence-corrected chi connectivity index (χ4v) is 3.35. The van der Waals surface area contributed by atoms with Crippen molar-refractivity contribution in [2.75, 3.05) is 6.54 Å². The maximum atomic E-state index is 11.4. The first-order valence-corrected chi connectivity index (χ1v) is 7.80. The van der Waals surface area contributed by atoms with Gasteiger partial charge >= 0.3 is 0 Å². The van der Waals surface area contributed by atoms with Gasteiger partial charge in [-0.1, -0.05) is 60.7 Å². The SMILES string of the molecule is OC(Cc1ccccc1)(Cc1ccccc1)[C@@H]1CCCN1. The number of rotatable bonds is 5. The monoisotopic (exact) mass is 281 g/mol. The second-order valence-electron chi connectivity index (χ2n) is 6.08. The van der Waals surface area contributed by atoms with Crippen LogP contribution < -0.4 is 5.32 Å². The fourth-order valence-electron chi connectivity index (χ4n) is 3.35. The van der Waals surface area contributed by atoms with Crippen LogP contribution in [0.15, 0.2) is 60.7 Å². The van der Waals surface area contributed by atoms with Crippen LogP contribution in [0.4, 0.5) is 0 Å². The molecule has 1 heterocycles. The summed E-state index contributed by atoms with van der Waals surface area (Å²) in [5.74, 6) is 0. The van der Waals surface area contributed by atoms with E-state index in [0.717, 1.165) is 19.4 Å². The van der Waals surface area contributed by atoms with Crippen LogP contribution in [0.2, 0.25) is 0 Å². The Balaban J connectivity index is 1.83. The maximum absolute atomic E-state index is 11.4. The van der Waals surface area contributed by atoms with Crippen LogP contribution in [-0.4, -0.2) is 23.3 Å². The molecule has 21 heavy (non-hydrogen) atoms. The van der Waals surface area contributed by atoms with Gasteiger partial charge in [-0.25, -0.2) is 0 Å². The standard InChI is InChI=1S/C19H23NO/c21-19(18-12-7-13-20-18,14-16-8-3-1-4-9-16)15-17-10-5-2-6-11-17/h1-6,8-11,18,20-21H,7,12-15H2/t18-/m0/s1. The lowest BCUT2D eigenvalue weighted by atomic mass is 9.81. The van der Waals surface area contributed by atoms with E-state index in [1.165, 1.54) is 11.1 Å². The molecule has 0 bridgehead atoms. The Morgan fingerprint density at radius 2 is 1.43 bits per heavy atom. The number of hydrogen-bond donors (Lipinski definition) is 2. The highest BCUT2D eigenvalue weighted by Crippen LogP contribution is 2.27. The van der Waals surface area contributed by atoms with Gasteiger partial charge in [-0.15, -0.1) is 0 Å². The normalized spacial score (nSPS) is 18.8. The molecule has 0 radical (unpaired) electrons. The van der Waals surface area contributed by atoms with E-state index in [-0.39, 0.29) is 6.04 Å². The molecule has 1 atom stereocenters.